The normalized spacial score (nSPS) is 16.9. The second-order valence-corrected chi connectivity index (χ2v) is 9.31. The van der Waals surface area contributed by atoms with E-state index in [2.05, 4.69) is 10.3 Å². The van der Waals surface area contributed by atoms with Gasteiger partial charge in [0.05, 0.1) is 23.7 Å². The molecule has 2 aliphatic rings. The Balaban J connectivity index is 1.63. The van der Waals surface area contributed by atoms with Gasteiger partial charge in [0.25, 0.3) is 5.91 Å². The minimum absolute atomic E-state index is 0.0178. The fourth-order valence-electron chi connectivity index (χ4n) is 4.35. The number of hydrogen-bond acceptors (Lipinski definition) is 5. The monoisotopic (exact) mass is 510 g/mol. The van der Waals surface area contributed by atoms with Gasteiger partial charge in [0, 0.05) is 30.9 Å². The van der Waals surface area contributed by atoms with Gasteiger partial charge in [0.15, 0.2) is 5.17 Å². The summed E-state index contributed by atoms with van der Waals surface area (Å²) in [5.74, 6) is -1.22. The molecule has 2 heterocycles. The molecular formula is C27H28F2N4O2S. The van der Waals surface area contributed by atoms with Crippen molar-refractivity contribution in [2.24, 2.45) is 4.99 Å². The van der Waals surface area contributed by atoms with Gasteiger partial charge in [-0.25, -0.2) is 13.8 Å². The van der Waals surface area contributed by atoms with Gasteiger partial charge in [-0.05, 0) is 49.9 Å². The van der Waals surface area contributed by atoms with Gasteiger partial charge < -0.3 is 15.1 Å². The smallest absolute Gasteiger partial charge is 0.254 e. The Morgan fingerprint density at radius 3 is 2.44 bits per heavy atom. The molecule has 0 unspecified atom stereocenters. The number of aliphatic imine (C=N–C) groups is 1. The van der Waals surface area contributed by atoms with Crippen LogP contribution in [-0.4, -0.2) is 39.9 Å². The van der Waals surface area contributed by atoms with E-state index in [0.717, 1.165) is 5.56 Å². The number of hydrogen-bond donors (Lipinski definition) is 1. The van der Waals surface area contributed by atoms with Crippen LogP contribution in [0.1, 0.15) is 44.4 Å². The number of carbonyl (C=O) groups is 2. The molecule has 0 spiro atoms. The van der Waals surface area contributed by atoms with Crippen LogP contribution in [0.5, 0.6) is 0 Å². The molecule has 4 rings (SSSR count). The molecule has 2 amide bonds. The number of rotatable bonds is 8. The standard InChI is InChI=1S/C27H28F2N4O2S/c1-4-32(5-2)26(35)24-17(3)31-27-33(25(24)21-8-6-7-9-22(21)29)20(16-36-27)14-23(34)30-15-18-10-12-19(28)13-11-18/h6-13,16,25H,4-5,14-15H2,1-3H3,(H,30,34)/t25-/m1/s1. The minimum atomic E-state index is -0.752. The number of carbonyl (C=O) groups excluding carboxylic acids is 2. The summed E-state index contributed by atoms with van der Waals surface area (Å²) in [6.45, 7) is 6.83. The molecule has 0 aliphatic carbocycles. The lowest BCUT2D eigenvalue weighted by molar-refractivity contribution is -0.127. The quantitative estimate of drug-likeness (QED) is 0.536. The molecule has 36 heavy (non-hydrogen) atoms. The first-order valence-electron chi connectivity index (χ1n) is 11.8. The summed E-state index contributed by atoms with van der Waals surface area (Å²) in [5, 5.41) is 5.26. The van der Waals surface area contributed by atoms with Crippen molar-refractivity contribution in [2.75, 3.05) is 13.1 Å². The average molecular weight is 511 g/mol. The van der Waals surface area contributed by atoms with Crippen LogP contribution < -0.4 is 5.32 Å². The Labute approximate surface area is 213 Å². The van der Waals surface area contributed by atoms with Crippen LogP contribution in [0.2, 0.25) is 0 Å². The highest BCUT2D eigenvalue weighted by atomic mass is 32.2. The van der Waals surface area contributed by atoms with E-state index in [1.54, 1.807) is 47.1 Å². The van der Waals surface area contributed by atoms with Gasteiger partial charge in [-0.3, -0.25) is 9.59 Å². The van der Waals surface area contributed by atoms with Crippen LogP contribution >= 0.6 is 11.8 Å². The lowest BCUT2D eigenvalue weighted by Crippen LogP contribution is -2.42. The number of halogens is 2. The van der Waals surface area contributed by atoms with Gasteiger partial charge in [-0.2, -0.15) is 0 Å². The topological polar surface area (TPSA) is 65.0 Å². The van der Waals surface area contributed by atoms with Crippen molar-refractivity contribution in [2.45, 2.75) is 39.8 Å². The number of amides is 2. The van der Waals surface area contributed by atoms with Crippen LogP contribution in [0.4, 0.5) is 8.78 Å². The number of thioether (sulfide) groups is 1. The highest BCUT2D eigenvalue weighted by molar-refractivity contribution is 8.16. The molecule has 0 aromatic heterocycles. The fourth-order valence-corrected chi connectivity index (χ4v) is 5.31. The second-order valence-electron chi connectivity index (χ2n) is 8.47. The first-order chi connectivity index (χ1) is 17.3. The summed E-state index contributed by atoms with van der Waals surface area (Å²) in [5.41, 5.74) is 2.68. The van der Waals surface area contributed by atoms with Gasteiger partial charge in [-0.1, -0.05) is 42.1 Å². The Bertz CT molecular complexity index is 1250. The van der Waals surface area contributed by atoms with E-state index in [1.807, 2.05) is 19.3 Å². The molecule has 1 N–H and O–H groups in total. The first kappa shape index (κ1) is 25.6. The molecule has 6 nitrogen and oxygen atoms in total. The number of fused-ring (bicyclic) bond motifs is 1. The molecule has 0 radical (unpaired) electrons. The van der Waals surface area contributed by atoms with Crippen LogP contribution in [0, 0.1) is 11.6 Å². The number of nitrogens with one attached hydrogen (secondary N) is 1. The van der Waals surface area contributed by atoms with Crippen LogP contribution in [-0.2, 0) is 16.1 Å². The molecule has 1 atom stereocenters. The summed E-state index contributed by atoms with van der Waals surface area (Å²) in [4.78, 5) is 34.6. The molecule has 0 fully saturated rings. The van der Waals surface area contributed by atoms with Crippen molar-refractivity contribution in [1.29, 1.82) is 0 Å². The highest BCUT2D eigenvalue weighted by Gasteiger charge is 2.42. The maximum Gasteiger partial charge on any atom is 0.254 e. The van der Waals surface area contributed by atoms with E-state index in [9.17, 15) is 14.0 Å². The lowest BCUT2D eigenvalue weighted by Gasteiger charge is -2.38. The molecule has 9 heteroatoms. The molecule has 2 aliphatic heterocycles. The van der Waals surface area contributed by atoms with Crippen molar-refractivity contribution in [3.63, 3.8) is 0 Å². The Morgan fingerprint density at radius 1 is 1.08 bits per heavy atom. The van der Waals surface area contributed by atoms with Crippen molar-refractivity contribution in [3.8, 4) is 0 Å². The molecule has 0 bridgehead atoms. The molecular weight excluding hydrogens is 482 g/mol. The summed E-state index contributed by atoms with van der Waals surface area (Å²) in [6, 6.07) is 11.5. The minimum Gasteiger partial charge on any atom is -0.352 e. The highest BCUT2D eigenvalue weighted by Crippen LogP contribution is 2.45. The van der Waals surface area contributed by atoms with Crippen LogP contribution in [0.15, 0.2) is 75.9 Å². The first-order valence-corrected chi connectivity index (χ1v) is 12.7. The van der Waals surface area contributed by atoms with E-state index in [1.165, 1.54) is 30.0 Å². The molecule has 188 valence electrons. The van der Waals surface area contributed by atoms with Gasteiger partial charge in [-0.15, -0.1) is 0 Å². The zero-order valence-electron chi connectivity index (χ0n) is 20.4. The molecule has 0 saturated carbocycles. The maximum atomic E-state index is 15.1. The van der Waals surface area contributed by atoms with Crippen molar-refractivity contribution in [1.82, 2.24) is 15.1 Å². The predicted octanol–water partition coefficient (Wildman–Crippen LogP) is 5.11. The summed E-state index contributed by atoms with van der Waals surface area (Å²) < 4.78 is 28.3. The van der Waals surface area contributed by atoms with Crippen molar-refractivity contribution < 1.29 is 18.4 Å². The fraction of sp³-hybridized carbons (Fsp3) is 0.296. The van der Waals surface area contributed by atoms with Crippen LogP contribution in [0.25, 0.3) is 0 Å². The number of allylic oxidation sites excluding steroid dienone is 1. The van der Waals surface area contributed by atoms with Crippen molar-refractivity contribution >= 4 is 28.7 Å². The largest absolute Gasteiger partial charge is 0.352 e. The Morgan fingerprint density at radius 2 is 1.78 bits per heavy atom. The van der Waals surface area contributed by atoms with Gasteiger partial charge in [0.1, 0.15) is 11.6 Å². The van der Waals surface area contributed by atoms with E-state index in [0.29, 0.717) is 40.8 Å². The third-order valence-corrected chi connectivity index (χ3v) is 7.11. The third kappa shape index (κ3) is 5.21. The number of benzene rings is 2. The summed E-state index contributed by atoms with van der Waals surface area (Å²) in [6.07, 6.45) is 0.0178. The number of nitrogens with zero attached hydrogens (tertiary/aromatic N) is 3. The van der Waals surface area contributed by atoms with E-state index in [-0.39, 0.29) is 30.6 Å². The summed E-state index contributed by atoms with van der Waals surface area (Å²) in [7, 11) is 0. The predicted molar refractivity (Wildman–Crippen MR) is 138 cm³/mol. The van der Waals surface area contributed by atoms with E-state index < -0.39 is 11.9 Å². The average Bonchev–Trinajstić information content (AvgIpc) is 3.25. The van der Waals surface area contributed by atoms with Gasteiger partial charge >= 0.3 is 0 Å². The zero-order chi connectivity index (χ0) is 25.8. The molecule has 2 aromatic rings. The van der Waals surface area contributed by atoms with Gasteiger partial charge in [0.2, 0.25) is 5.91 Å². The Hall–Kier alpha value is -3.46. The lowest BCUT2D eigenvalue weighted by atomic mass is 9.92. The van der Waals surface area contributed by atoms with E-state index in [4.69, 9.17) is 0 Å². The third-order valence-electron chi connectivity index (χ3n) is 6.23. The second kappa shape index (κ2) is 11.1. The number of likely N-dealkylation sites (N-methyl/N-ethyl adjacent to an activating group) is 1. The molecule has 2 aromatic carbocycles. The maximum absolute atomic E-state index is 15.1. The van der Waals surface area contributed by atoms with E-state index >= 15 is 4.39 Å². The molecule has 0 saturated heterocycles. The Kier molecular flexibility index (Phi) is 7.88. The zero-order valence-corrected chi connectivity index (χ0v) is 21.2. The summed E-state index contributed by atoms with van der Waals surface area (Å²) >= 11 is 1.34. The van der Waals surface area contributed by atoms with Crippen LogP contribution in [0.3, 0.4) is 0 Å². The number of amidine groups is 1. The SMILES string of the molecule is CCN(CC)C(=O)C1=C(C)N=C2SC=C(CC(=O)NCc3ccc(F)cc3)N2[C@@H]1c1ccccc1F. The van der Waals surface area contributed by atoms with Crippen molar-refractivity contribution in [3.05, 3.63) is 93.7 Å².